The molecule has 4 rings (SSSR count). The number of hydrogen-bond donors (Lipinski definition) is 0. The van der Waals surface area contributed by atoms with Gasteiger partial charge >= 0.3 is 6.18 Å². The topological polar surface area (TPSA) is 42.4 Å². The zero-order valence-electron chi connectivity index (χ0n) is 17.6. The summed E-state index contributed by atoms with van der Waals surface area (Å²) in [6, 6.07) is 18.1. The first-order valence-electron chi connectivity index (χ1n) is 10.4. The van der Waals surface area contributed by atoms with Gasteiger partial charge in [-0.1, -0.05) is 36.4 Å². The van der Waals surface area contributed by atoms with Gasteiger partial charge in [-0.05, 0) is 54.8 Å². The lowest BCUT2D eigenvalue weighted by atomic mass is 10.0. The molecule has 1 amide bonds. The molecule has 2 heterocycles. The van der Waals surface area contributed by atoms with E-state index >= 15 is 0 Å². The molecule has 0 bridgehead atoms. The molecular formula is C25H23F3N2O2. The Kier molecular flexibility index (Phi) is 6.28. The number of halogens is 3. The third kappa shape index (κ3) is 5.16. The Labute approximate surface area is 184 Å². The summed E-state index contributed by atoms with van der Waals surface area (Å²) in [5.74, 6) is -0.0595. The average Bonchev–Trinajstić information content (AvgIpc) is 2.78. The van der Waals surface area contributed by atoms with Crippen LogP contribution >= 0.6 is 0 Å². The van der Waals surface area contributed by atoms with Crippen LogP contribution in [0.15, 0.2) is 66.7 Å². The summed E-state index contributed by atoms with van der Waals surface area (Å²) >= 11 is 0. The molecule has 3 aromatic rings. The Balaban J connectivity index is 1.53. The lowest BCUT2D eigenvalue weighted by Gasteiger charge is -2.33. The molecule has 1 aliphatic heterocycles. The van der Waals surface area contributed by atoms with Crippen LogP contribution in [-0.4, -0.2) is 35.5 Å². The summed E-state index contributed by atoms with van der Waals surface area (Å²) in [6.07, 6.45) is -4.42. The number of pyridine rings is 1. The number of amides is 1. The van der Waals surface area contributed by atoms with E-state index in [-0.39, 0.29) is 5.91 Å². The Morgan fingerprint density at radius 1 is 1.06 bits per heavy atom. The quantitative estimate of drug-likeness (QED) is 0.559. The molecule has 2 aromatic carbocycles. The van der Waals surface area contributed by atoms with E-state index in [0.717, 1.165) is 17.3 Å². The Bertz CT molecular complexity index is 1100. The number of carbonyl (C=O) groups is 1. The maximum atomic E-state index is 13.0. The van der Waals surface area contributed by atoms with Gasteiger partial charge in [0.1, 0.15) is 6.10 Å². The van der Waals surface area contributed by atoms with Gasteiger partial charge in [-0.15, -0.1) is 0 Å². The first-order valence-corrected chi connectivity index (χ1v) is 10.4. The zero-order valence-corrected chi connectivity index (χ0v) is 17.6. The van der Waals surface area contributed by atoms with Crippen molar-refractivity contribution >= 4 is 5.91 Å². The third-order valence-electron chi connectivity index (χ3n) is 5.40. The normalized spacial score (nSPS) is 16.8. The van der Waals surface area contributed by atoms with Crippen LogP contribution in [-0.2, 0) is 17.3 Å². The first-order chi connectivity index (χ1) is 15.3. The molecule has 1 atom stereocenters. The average molecular weight is 440 g/mol. The van der Waals surface area contributed by atoms with Crippen LogP contribution in [0.25, 0.3) is 0 Å². The van der Waals surface area contributed by atoms with Crippen LogP contribution < -0.4 is 0 Å². The zero-order chi connectivity index (χ0) is 22.7. The SMILES string of the molecule is Cc1cc(Cc2cccc(C(F)(F)F)c2)cc([C@H]2CN(C(=O)c3ccccc3)CCO2)n1. The van der Waals surface area contributed by atoms with Crippen LogP contribution in [0.5, 0.6) is 0 Å². The number of aromatic nitrogens is 1. The van der Waals surface area contributed by atoms with E-state index in [0.29, 0.717) is 42.9 Å². The summed E-state index contributed by atoms with van der Waals surface area (Å²) < 4.78 is 45.0. The highest BCUT2D eigenvalue weighted by Crippen LogP contribution is 2.30. The van der Waals surface area contributed by atoms with E-state index in [9.17, 15) is 18.0 Å². The minimum absolute atomic E-state index is 0.0595. The van der Waals surface area contributed by atoms with E-state index in [4.69, 9.17) is 4.74 Å². The lowest BCUT2D eigenvalue weighted by molar-refractivity contribution is -0.137. The Morgan fingerprint density at radius 3 is 2.59 bits per heavy atom. The molecule has 0 aliphatic carbocycles. The number of hydrogen-bond acceptors (Lipinski definition) is 3. The first kappa shape index (κ1) is 22.0. The number of nitrogens with zero attached hydrogens (tertiary/aromatic N) is 2. The minimum atomic E-state index is -4.37. The van der Waals surface area contributed by atoms with E-state index in [1.54, 1.807) is 23.1 Å². The van der Waals surface area contributed by atoms with Crippen LogP contribution in [0, 0.1) is 6.92 Å². The number of carbonyl (C=O) groups excluding carboxylic acids is 1. The van der Waals surface area contributed by atoms with Crippen molar-refractivity contribution in [2.75, 3.05) is 19.7 Å². The van der Waals surface area contributed by atoms with Crippen molar-refractivity contribution in [1.82, 2.24) is 9.88 Å². The molecule has 1 aliphatic rings. The number of rotatable bonds is 4. The molecular weight excluding hydrogens is 417 g/mol. The highest BCUT2D eigenvalue weighted by molar-refractivity contribution is 5.94. The highest BCUT2D eigenvalue weighted by Gasteiger charge is 2.30. The van der Waals surface area contributed by atoms with Gasteiger partial charge in [-0.25, -0.2) is 0 Å². The molecule has 4 nitrogen and oxygen atoms in total. The van der Waals surface area contributed by atoms with Gasteiger partial charge in [0.05, 0.1) is 24.4 Å². The van der Waals surface area contributed by atoms with Gasteiger partial charge in [0.2, 0.25) is 0 Å². The van der Waals surface area contributed by atoms with E-state index in [1.165, 1.54) is 12.1 Å². The van der Waals surface area contributed by atoms with Crippen LogP contribution in [0.1, 0.15) is 44.5 Å². The van der Waals surface area contributed by atoms with Crippen molar-refractivity contribution in [3.05, 3.63) is 100 Å². The molecule has 0 N–H and O–H groups in total. The fourth-order valence-electron chi connectivity index (χ4n) is 3.90. The number of morpholine rings is 1. The fourth-order valence-corrected chi connectivity index (χ4v) is 3.90. The van der Waals surface area contributed by atoms with Crippen LogP contribution in [0.3, 0.4) is 0 Å². The second-order valence-corrected chi connectivity index (χ2v) is 7.89. The van der Waals surface area contributed by atoms with E-state index in [2.05, 4.69) is 4.98 Å². The predicted octanol–water partition coefficient (Wildman–Crippen LogP) is 5.21. The van der Waals surface area contributed by atoms with Gasteiger partial charge in [0.25, 0.3) is 5.91 Å². The van der Waals surface area contributed by atoms with Crippen molar-refractivity contribution in [2.45, 2.75) is 25.6 Å². The smallest absolute Gasteiger partial charge is 0.368 e. The highest BCUT2D eigenvalue weighted by atomic mass is 19.4. The van der Waals surface area contributed by atoms with Crippen molar-refractivity contribution < 1.29 is 22.7 Å². The monoisotopic (exact) mass is 440 g/mol. The van der Waals surface area contributed by atoms with Crippen LogP contribution in [0.4, 0.5) is 13.2 Å². The number of benzene rings is 2. The maximum absolute atomic E-state index is 13.0. The molecule has 1 aromatic heterocycles. The predicted molar refractivity (Wildman–Crippen MR) is 114 cm³/mol. The third-order valence-corrected chi connectivity index (χ3v) is 5.40. The second kappa shape index (κ2) is 9.12. The van der Waals surface area contributed by atoms with Gasteiger partial charge in [0, 0.05) is 17.8 Å². The summed E-state index contributed by atoms with van der Waals surface area (Å²) in [4.78, 5) is 19.2. The number of aryl methyl sites for hydroxylation is 1. The van der Waals surface area contributed by atoms with Crippen molar-refractivity contribution in [1.29, 1.82) is 0 Å². The maximum Gasteiger partial charge on any atom is 0.416 e. The number of ether oxygens (including phenoxy) is 1. The van der Waals surface area contributed by atoms with Crippen molar-refractivity contribution in [3.63, 3.8) is 0 Å². The molecule has 1 fully saturated rings. The largest absolute Gasteiger partial charge is 0.416 e. The standard InChI is InChI=1S/C25H23F3N2O2/c1-17-12-19(13-18-6-5-9-21(14-18)25(26,27)28)15-22(29-17)23-16-30(10-11-32-23)24(31)20-7-3-2-4-8-20/h2-9,12,14-15,23H,10-11,13,16H2,1H3/t23-/m1/s1. The summed E-state index contributed by atoms with van der Waals surface area (Å²) in [7, 11) is 0. The summed E-state index contributed by atoms with van der Waals surface area (Å²) in [5, 5.41) is 0. The van der Waals surface area contributed by atoms with Gasteiger partial charge in [-0.3, -0.25) is 9.78 Å². The molecule has 0 spiro atoms. The van der Waals surface area contributed by atoms with Gasteiger partial charge in [-0.2, -0.15) is 13.2 Å². The molecule has 32 heavy (non-hydrogen) atoms. The van der Waals surface area contributed by atoms with Gasteiger partial charge < -0.3 is 9.64 Å². The van der Waals surface area contributed by atoms with E-state index in [1.807, 2.05) is 37.3 Å². The van der Waals surface area contributed by atoms with Crippen molar-refractivity contribution in [3.8, 4) is 0 Å². The van der Waals surface area contributed by atoms with Crippen molar-refractivity contribution in [2.24, 2.45) is 0 Å². The lowest BCUT2D eigenvalue weighted by Crippen LogP contribution is -2.42. The molecule has 1 saturated heterocycles. The van der Waals surface area contributed by atoms with E-state index < -0.39 is 17.8 Å². The molecule has 0 unspecified atom stereocenters. The van der Waals surface area contributed by atoms with Gasteiger partial charge in [0.15, 0.2) is 0 Å². The van der Waals surface area contributed by atoms with Crippen LogP contribution in [0.2, 0.25) is 0 Å². The second-order valence-electron chi connectivity index (χ2n) is 7.89. The molecule has 0 radical (unpaired) electrons. The Hall–Kier alpha value is -3.19. The molecule has 0 saturated carbocycles. The summed E-state index contributed by atoms with van der Waals surface area (Å²) in [5.41, 5.74) is 2.81. The molecule has 166 valence electrons. The summed E-state index contributed by atoms with van der Waals surface area (Å²) in [6.45, 7) is 3.09. The Morgan fingerprint density at radius 2 is 1.84 bits per heavy atom. The fraction of sp³-hybridized carbons (Fsp3) is 0.280. The number of alkyl halides is 3. The molecule has 7 heteroatoms. The minimum Gasteiger partial charge on any atom is -0.368 e.